The van der Waals surface area contributed by atoms with E-state index < -0.39 is 0 Å². The highest BCUT2D eigenvalue weighted by atomic mass is 32.1. The number of rotatable bonds is 4. The topological polar surface area (TPSA) is 48.5 Å². The van der Waals surface area contributed by atoms with Crippen molar-refractivity contribution in [1.82, 2.24) is 24.1 Å². The van der Waals surface area contributed by atoms with Crippen LogP contribution in [0.1, 0.15) is 0 Å². The van der Waals surface area contributed by atoms with Gasteiger partial charge in [-0.05, 0) is 88.3 Å². The van der Waals surface area contributed by atoms with Crippen LogP contribution in [0.25, 0.3) is 140 Å². The molecule has 0 amide bonds. The Kier molecular flexibility index (Phi) is 7.47. The molecule has 15 rings (SSSR count). The maximum atomic E-state index is 5.60. The van der Waals surface area contributed by atoms with E-state index in [4.69, 9.17) is 15.0 Å². The molecule has 0 saturated carbocycles. The highest BCUT2D eigenvalue weighted by Crippen LogP contribution is 2.46. The first kappa shape index (κ1) is 36.1. The van der Waals surface area contributed by atoms with Crippen LogP contribution in [-0.4, -0.2) is 24.1 Å². The number of aromatic nitrogens is 5. The van der Waals surface area contributed by atoms with Crippen molar-refractivity contribution in [2.45, 2.75) is 0 Å². The van der Waals surface area contributed by atoms with Crippen molar-refractivity contribution in [2.75, 3.05) is 0 Å². The predicted octanol–water partition coefficient (Wildman–Crippen LogP) is 16.4. The predicted molar refractivity (Wildman–Crippen MR) is 280 cm³/mol. The van der Waals surface area contributed by atoms with Crippen LogP contribution in [0.2, 0.25) is 0 Å². The average Bonchev–Trinajstić information content (AvgIpc) is 4.13. The zero-order chi connectivity index (χ0) is 43.0. The molecule has 66 heavy (non-hydrogen) atoms. The minimum absolute atomic E-state index is 0.578. The van der Waals surface area contributed by atoms with Gasteiger partial charge in [0.2, 0.25) is 5.95 Å². The fraction of sp³-hybridized carbons (Fsp3) is 0. The highest BCUT2D eigenvalue weighted by molar-refractivity contribution is 7.27. The zero-order valence-corrected chi connectivity index (χ0v) is 36.7. The molecule has 0 spiro atoms. The van der Waals surface area contributed by atoms with Crippen molar-refractivity contribution in [3.63, 3.8) is 0 Å². The molecule has 5 aromatic heterocycles. The van der Waals surface area contributed by atoms with Gasteiger partial charge in [0.1, 0.15) is 0 Å². The van der Waals surface area contributed by atoms with E-state index in [1.807, 2.05) is 22.7 Å². The normalized spacial score (nSPS) is 12.2. The van der Waals surface area contributed by atoms with E-state index >= 15 is 0 Å². The maximum absolute atomic E-state index is 5.60. The Balaban J connectivity index is 1.08. The summed E-state index contributed by atoms with van der Waals surface area (Å²) in [5, 5.41) is 14.4. The van der Waals surface area contributed by atoms with Crippen LogP contribution < -0.4 is 0 Å². The SMILES string of the molecule is c1ccc2cc3c(cc2c1)c1ccccc1n3-c1cc(-c2nc(-c3ccc4sc5ccccc5c4c3)nc(-n3c4ccccc4c4ccccc43)n2)c2c(c1)sc1c3ccccc3ccc12. The second-order valence-electron chi connectivity index (χ2n) is 17.2. The zero-order valence-electron chi connectivity index (χ0n) is 35.1. The van der Waals surface area contributed by atoms with Crippen molar-refractivity contribution in [3.05, 3.63) is 200 Å². The van der Waals surface area contributed by atoms with Crippen molar-refractivity contribution >= 4 is 128 Å². The molecule has 306 valence electrons. The Morgan fingerprint density at radius 1 is 0.333 bits per heavy atom. The van der Waals surface area contributed by atoms with E-state index in [0.717, 1.165) is 55.0 Å². The van der Waals surface area contributed by atoms with Crippen LogP contribution >= 0.6 is 22.7 Å². The summed E-state index contributed by atoms with van der Waals surface area (Å²) in [6.45, 7) is 0. The molecule has 0 atom stereocenters. The number of hydrogen-bond acceptors (Lipinski definition) is 5. The molecular weight excluding hydrogens is 843 g/mol. The Morgan fingerprint density at radius 2 is 0.939 bits per heavy atom. The van der Waals surface area contributed by atoms with Crippen LogP contribution in [0.5, 0.6) is 0 Å². The van der Waals surface area contributed by atoms with Gasteiger partial charge in [-0.15, -0.1) is 22.7 Å². The average molecular weight is 876 g/mol. The van der Waals surface area contributed by atoms with Gasteiger partial charge in [-0.3, -0.25) is 4.57 Å². The monoisotopic (exact) mass is 875 g/mol. The number of nitrogens with zero attached hydrogens (tertiary/aromatic N) is 5. The van der Waals surface area contributed by atoms with Gasteiger partial charge < -0.3 is 4.57 Å². The number of para-hydroxylation sites is 3. The first-order chi connectivity index (χ1) is 32.7. The molecule has 7 heteroatoms. The smallest absolute Gasteiger partial charge is 0.238 e. The van der Waals surface area contributed by atoms with Crippen LogP contribution in [0.15, 0.2) is 200 Å². The Morgan fingerprint density at radius 3 is 1.71 bits per heavy atom. The van der Waals surface area contributed by atoms with Crippen LogP contribution in [-0.2, 0) is 0 Å². The van der Waals surface area contributed by atoms with Gasteiger partial charge in [-0.1, -0.05) is 133 Å². The number of benzene rings is 10. The fourth-order valence-corrected chi connectivity index (χ4v) is 13.0. The summed E-state index contributed by atoms with van der Waals surface area (Å²) in [6.07, 6.45) is 0. The third-order valence-corrected chi connectivity index (χ3v) is 15.9. The molecule has 0 radical (unpaired) electrons. The van der Waals surface area contributed by atoms with E-state index in [-0.39, 0.29) is 0 Å². The summed E-state index contributed by atoms with van der Waals surface area (Å²) >= 11 is 3.66. The largest absolute Gasteiger partial charge is 0.309 e. The molecule has 0 saturated heterocycles. The molecule has 0 fully saturated rings. The van der Waals surface area contributed by atoms with Crippen molar-refractivity contribution in [3.8, 4) is 34.4 Å². The lowest BCUT2D eigenvalue weighted by Gasteiger charge is -2.14. The summed E-state index contributed by atoms with van der Waals surface area (Å²) in [5.41, 5.74) is 7.36. The Labute approximate surface area is 384 Å². The first-order valence-corrected chi connectivity index (χ1v) is 23.8. The Bertz CT molecular complexity index is 4500. The lowest BCUT2D eigenvalue weighted by Crippen LogP contribution is -2.07. The fourth-order valence-electron chi connectivity index (χ4n) is 10.6. The molecule has 0 aliphatic rings. The van der Waals surface area contributed by atoms with E-state index in [1.54, 1.807) is 0 Å². The van der Waals surface area contributed by atoms with Crippen LogP contribution in [0, 0.1) is 0 Å². The molecule has 15 aromatic rings. The molecule has 0 N–H and O–H groups in total. The van der Waals surface area contributed by atoms with Crippen LogP contribution in [0.3, 0.4) is 0 Å². The van der Waals surface area contributed by atoms with Gasteiger partial charge in [0.05, 0.1) is 22.1 Å². The molecule has 0 aliphatic heterocycles. The molecule has 5 heterocycles. The lowest BCUT2D eigenvalue weighted by atomic mass is 10.0. The summed E-state index contributed by atoms with van der Waals surface area (Å²) in [4.78, 5) is 16.6. The third kappa shape index (κ3) is 5.18. The molecule has 0 bridgehead atoms. The molecule has 5 nitrogen and oxygen atoms in total. The van der Waals surface area contributed by atoms with E-state index in [1.165, 1.54) is 67.3 Å². The maximum Gasteiger partial charge on any atom is 0.238 e. The summed E-state index contributed by atoms with van der Waals surface area (Å²) < 4.78 is 9.58. The number of fused-ring (bicyclic) bond motifs is 15. The molecule has 10 aromatic carbocycles. The molecule has 0 aliphatic carbocycles. The lowest BCUT2D eigenvalue weighted by molar-refractivity contribution is 0.954. The number of thiophene rings is 2. The second kappa shape index (κ2) is 13.6. The van der Waals surface area contributed by atoms with E-state index in [0.29, 0.717) is 17.6 Å². The van der Waals surface area contributed by atoms with Gasteiger partial charge in [0.25, 0.3) is 0 Å². The van der Waals surface area contributed by atoms with Gasteiger partial charge >= 0.3 is 0 Å². The van der Waals surface area contributed by atoms with Gasteiger partial charge in [-0.25, -0.2) is 4.98 Å². The quantitative estimate of drug-likeness (QED) is 0.177. The first-order valence-electron chi connectivity index (χ1n) is 22.2. The van der Waals surface area contributed by atoms with Crippen molar-refractivity contribution in [2.24, 2.45) is 0 Å². The standard InChI is InChI=1S/C59H33N5S2/c1-2-15-36-31-51-45(29-35(36)14-1)42-19-7-9-21-48(42)63(51)38-32-47(55-44-27-25-34-13-3-4-16-39(34)56(44)66-54(55)33-38)58-60-57(37-26-28-53-46(30-37)43-20-8-12-24-52(43)65-53)61-59(62-58)64-49-22-10-5-17-40(49)41-18-6-11-23-50(41)64/h1-33H. The number of hydrogen-bond donors (Lipinski definition) is 0. The highest BCUT2D eigenvalue weighted by Gasteiger charge is 2.23. The summed E-state index contributed by atoms with van der Waals surface area (Å²) in [5.74, 6) is 1.83. The summed E-state index contributed by atoms with van der Waals surface area (Å²) in [6, 6.07) is 72.5. The van der Waals surface area contributed by atoms with Gasteiger partial charge in [-0.2, -0.15) is 9.97 Å². The second-order valence-corrected chi connectivity index (χ2v) is 19.3. The molecular formula is C59H33N5S2. The van der Waals surface area contributed by atoms with E-state index in [9.17, 15) is 0 Å². The van der Waals surface area contributed by atoms with Gasteiger partial charge in [0.15, 0.2) is 11.6 Å². The van der Waals surface area contributed by atoms with Crippen LogP contribution in [0.4, 0.5) is 0 Å². The van der Waals surface area contributed by atoms with Crippen molar-refractivity contribution < 1.29 is 0 Å². The molecule has 0 unspecified atom stereocenters. The minimum atomic E-state index is 0.578. The van der Waals surface area contributed by atoms with Gasteiger partial charge in [0, 0.05) is 78.7 Å². The Hall–Kier alpha value is -8.23. The summed E-state index contributed by atoms with van der Waals surface area (Å²) in [7, 11) is 0. The minimum Gasteiger partial charge on any atom is -0.309 e. The third-order valence-electron chi connectivity index (χ3n) is 13.5. The van der Waals surface area contributed by atoms with Crippen molar-refractivity contribution in [1.29, 1.82) is 0 Å². The van der Waals surface area contributed by atoms with E-state index in [2.05, 4.69) is 209 Å².